The molecule has 94 valence electrons. The number of nitrogens with one attached hydrogen (secondary N) is 1. The normalized spacial score (nSPS) is 12.2. The summed E-state index contributed by atoms with van der Waals surface area (Å²) < 4.78 is 5.08. The number of anilines is 1. The predicted octanol–water partition coefficient (Wildman–Crippen LogP) is 1.72. The van der Waals surface area contributed by atoms with E-state index in [1.54, 1.807) is 7.11 Å². The topological polar surface area (TPSA) is 60.2 Å². The number of thiocarbonyl (C=S) groups is 1. The van der Waals surface area contributed by atoms with Crippen molar-refractivity contribution >= 4 is 23.0 Å². The van der Waals surface area contributed by atoms with Gasteiger partial charge in [-0.05, 0) is 25.0 Å². The molecule has 0 bridgehead atoms. The van der Waals surface area contributed by atoms with E-state index in [1.165, 1.54) is 0 Å². The number of methoxy groups -OCH3 is 1. The van der Waals surface area contributed by atoms with Gasteiger partial charge in [0.2, 0.25) is 0 Å². The Bertz CT molecular complexity index is 395. The van der Waals surface area contributed by atoms with Crippen molar-refractivity contribution in [3.05, 3.63) is 23.4 Å². The zero-order valence-electron chi connectivity index (χ0n) is 10.5. The highest BCUT2D eigenvalue weighted by Crippen LogP contribution is 2.11. The fourth-order valence-electron chi connectivity index (χ4n) is 1.52. The SMILES string of the molecule is COCC(C)CNc1cc(C(N)=S)cc(C)n1. The minimum Gasteiger partial charge on any atom is -0.389 e. The monoisotopic (exact) mass is 253 g/mol. The van der Waals surface area contributed by atoms with Crippen molar-refractivity contribution in [3.8, 4) is 0 Å². The molecule has 1 aromatic rings. The van der Waals surface area contributed by atoms with Crippen LogP contribution in [0.4, 0.5) is 5.82 Å². The molecule has 0 saturated heterocycles. The molecule has 5 heteroatoms. The van der Waals surface area contributed by atoms with Crippen molar-refractivity contribution < 1.29 is 4.74 Å². The summed E-state index contributed by atoms with van der Waals surface area (Å²) in [6.45, 7) is 5.56. The van der Waals surface area contributed by atoms with Gasteiger partial charge in [-0.25, -0.2) is 4.98 Å². The summed E-state index contributed by atoms with van der Waals surface area (Å²) in [6.07, 6.45) is 0. The number of aryl methyl sites for hydroxylation is 1. The maximum Gasteiger partial charge on any atom is 0.126 e. The Hall–Kier alpha value is -1.20. The van der Waals surface area contributed by atoms with Crippen LogP contribution >= 0.6 is 12.2 Å². The van der Waals surface area contributed by atoms with Crippen LogP contribution in [-0.4, -0.2) is 30.2 Å². The molecule has 17 heavy (non-hydrogen) atoms. The molecule has 0 radical (unpaired) electrons. The van der Waals surface area contributed by atoms with Crippen molar-refractivity contribution in [2.45, 2.75) is 13.8 Å². The lowest BCUT2D eigenvalue weighted by Gasteiger charge is -2.13. The lowest BCUT2D eigenvalue weighted by Crippen LogP contribution is -2.17. The van der Waals surface area contributed by atoms with E-state index < -0.39 is 0 Å². The number of aromatic nitrogens is 1. The largest absolute Gasteiger partial charge is 0.389 e. The molecule has 1 rings (SSSR count). The zero-order chi connectivity index (χ0) is 12.8. The average molecular weight is 253 g/mol. The summed E-state index contributed by atoms with van der Waals surface area (Å²) in [6, 6.07) is 3.75. The lowest BCUT2D eigenvalue weighted by molar-refractivity contribution is 0.164. The standard InChI is InChI=1S/C12H19N3OS/c1-8(7-16-3)6-14-11-5-10(12(13)17)4-9(2)15-11/h4-5,8H,6-7H2,1-3H3,(H2,13,17)(H,14,15). The number of hydrogen-bond donors (Lipinski definition) is 2. The highest BCUT2D eigenvalue weighted by molar-refractivity contribution is 7.80. The van der Waals surface area contributed by atoms with Crippen molar-refractivity contribution in [2.24, 2.45) is 11.7 Å². The van der Waals surface area contributed by atoms with Gasteiger partial charge in [-0.2, -0.15) is 0 Å². The Balaban J connectivity index is 2.68. The van der Waals surface area contributed by atoms with Gasteiger partial charge in [-0.15, -0.1) is 0 Å². The third-order valence-electron chi connectivity index (χ3n) is 2.32. The predicted molar refractivity (Wildman–Crippen MR) is 74.4 cm³/mol. The summed E-state index contributed by atoms with van der Waals surface area (Å²) in [4.78, 5) is 4.77. The molecular weight excluding hydrogens is 234 g/mol. The number of rotatable bonds is 6. The molecule has 1 heterocycles. The smallest absolute Gasteiger partial charge is 0.126 e. The van der Waals surface area contributed by atoms with Gasteiger partial charge in [-0.1, -0.05) is 19.1 Å². The van der Waals surface area contributed by atoms with Gasteiger partial charge in [0.25, 0.3) is 0 Å². The second kappa shape index (κ2) is 6.51. The van der Waals surface area contributed by atoms with E-state index in [-0.39, 0.29) is 0 Å². The van der Waals surface area contributed by atoms with Crippen LogP contribution in [0.3, 0.4) is 0 Å². The third kappa shape index (κ3) is 4.66. The summed E-state index contributed by atoms with van der Waals surface area (Å²) in [5.74, 6) is 1.23. The molecular formula is C12H19N3OS. The molecule has 0 aliphatic heterocycles. The van der Waals surface area contributed by atoms with Crippen LogP contribution in [0.25, 0.3) is 0 Å². The second-order valence-electron chi connectivity index (χ2n) is 4.19. The van der Waals surface area contributed by atoms with Gasteiger partial charge in [0.05, 0.1) is 6.61 Å². The summed E-state index contributed by atoms with van der Waals surface area (Å²) in [7, 11) is 1.70. The zero-order valence-corrected chi connectivity index (χ0v) is 11.3. The first kappa shape index (κ1) is 13.9. The quantitative estimate of drug-likeness (QED) is 0.756. The number of pyridine rings is 1. The third-order valence-corrected chi connectivity index (χ3v) is 2.56. The minimum atomic E-state index is 0.392. The van der Waals surface area contributed by atoms with Gasteiger partial charge in [0.15, 0.2) is 0 Å². The van der Waals surface area contributed by atoms with Gasteiger partial charge < -0.3 is 15.8 Å². The summed E-state index contributed by atoms with van der Waals surface area (Å²) in [5.41, 5.74) is 7.35. The van der Waals surface area contributed by atoms with E-state index in [9.17, 15) is 0 Å². The van der Waals surface area contributed by atoms with E-state index >= 15 is 0 Å². The highest BCUT2D eigenvalue weighted by atomic mass is 32.1. The minimum absolute atomic E-state index is 0.392. The van der Waals surface area contributed by atoms with Crippen LogP contribution in [0, 0.1) is 12.8 Å². The number of nitrogens with two attached hydrogens (primary N) is 1. The van der Waals surface area contributed by atoms with Crippen LogP contribution in [-0.2, 0) is 4.74 Å². The van der Waals surface area contributed by atoms with E-state index in [0.29, 0.717) is 10.9 Å². The van der Waals surface area contributed by atoms with Crippen molar-refractivity contribution in [1.82, 2.24) is 4.98 Å². The van der Waals surface area contributed by atoms with Gasteiger partial charge in [0.1, 0.15) is 10.8 Å². The van der Waals surface area contributed by atoms with E-state index in [4.69, 9.17) is 22.7 Å². The molecule has 0 saturated carbocycles. The first-order valence-electron chi connectivity index (χ1n) is 5.54. The molecule has 0 aliphatic rings. The van der Waals surface area contributed by atoms with E-state index in [2.05, 4.69) is 17.2 Å². The van der Waals surface area contributed by atoms with Crippen LogP contribution in [0.5, 0.6) is 0 Å². The fourth-order valence-corrected chi connectivity index (χ4v) is 1.64. The molecule has 1 atom stereocenters. The van der Waals surface area contributed by atoms with Gasteiger partial charge in [0, 0.05) is 24.9 Å². The van der Waals surface area contributed by atoms with Gasteiger partial charge >= 0.3 is 0 Å². The summed E-state index contributed by atoms with van der Waals surface area (Å²) in [5, 5.41) is 3.26. The first-order valence-corrected chi connectivity index (χ1v) is 5.95. The van der Waals surface area contributed by atoms with E-state index in [1.807, 2.05) is 19.1 Å². The molecule has 0 aliphatic carbocycles. The summed E-state index contributed by atoms with van der Waals surface area (Å²) >= 11 is 4.96. The van der Waals surface area contributed by atoms with Crippen molar-refractivity contribution in [3.63, 3.8) is 0 Å². The van der Waals surface area contributed by atoms with Crippen LogP contribution in [0.2, 0.25) is 0 Å². The molecule has 1 aromatic heterocycles. The number of nitrogens with zero attached hydrogens (tertiary/aromatic N) is 1. The molecule has 0 fully saturated rings. The van der Waals surface area contributed by atoms with E-state index in [0.717, 1.165) is 30.2 Å². The Labute approximate surface area is 108 Å². The Morgan fingerprint density at radius 2 is 2.29 bits per heavy atom. The van der Waals surface area contributed by atoms with Crippen molar-refractivity contribution in [2.75, 3.05) is 25.6 Å². The maximum atomic E-state index is 5.61. The fraction of sp³-hybridized carbons (Fsp3) is 0.500. The first-order chi connectivity index (χ1) is 8.02. The Morgan fingerprint density at radius 3 is 2.88 bits per heavy atom. The Kier molecular flexibility index (Phi) is 5.31. The molecule has 0 amide bonds. The van der Waals surface area contributed by atoms with Crippen LogP contribution < -0.4 is 11.1 Å². The Morgan fingerprint density at radius 1 is 1.59 bits per heavy atom. The molecule has 0 spiro atoms. The molecule has 1 unspecified atom stereocenters. The average Bonchev–Trinajstić information content (AvgIpc) is 2.26. The molecule has 4 nitrogen and oxygen atoms in total. The maximum absolute atomic E-state index is 5.61. The molecule has 0 aromatic carbocycles. The lowest BCUT2D eigenvalue weighted by atomic mass is 10.2. The number of hydrogen-bond acceptors (Lipinski definition) is 4. The number of ether oxygens (including phenoxy) is 1. The van der Waals surface area contributed by atoms with Crippen molar-refractivity contribution in [1.29, 1.82) is 0 Å². The van der Waals surface area contributed by atoms with Crippen LogP contribution in [0.1, 0.15) is 18.2 Å². The van der Waals surface area contributed by atoms with Gasteiger partial charge in [-0.3, -0.25) is 0 Å². The van der Waals surface area contributed by atoms with Crippen LogP contribution in [0.15, 0.2) is 12.1 Å². The second-order valence-corrected chi connectivity index (χ2v) is 4.63. The molecule has 3 N–H and O–H groups in total. The highest BCUT2D eigenvalue weighted by Gasteiger charge is 2.05.